The Morgan fingerprint density at radius 1 is 1.60 bits per heavy atom. The van der Waals surface area contributed by atoms with E-state index in [1.165, 1.54) is 0 Å². The van der Waals surface area contributed by atoms with Gasteiger partial charge in [-0.2, -0.15) is 0 Å². The van der Waals surface area contributed by atoms with Crippen molar-refractivity contribution in [2.45, 2.75) is 26.8 Å². The number of carboxylic acids is 1. The molecule has 0 unspecified atom stereocenters. The Kier molecular flexibility index (Phi) is 2.57. The number of rotatable bonds is 2. The minimum absolute atomic E-state index is 0.340. The molecule has 0 bridgehead atoms. The zero-order valence-electron chi connectivity index (χ0n) is 6.59. The molecule has 10 heavy (non-hydrogen) atoms. The number of carbonyl (C=O) groups is 1. The maximum absolute atomic E-state index is 10.4. The summed E-state index contributed by atoms with van der Waals surface area (Å²) in [5, 5.41) is 8.58. The van der Waals surface area contributed by atoms with Crippen LogP contribution in [0.3, 0.4) is 0 Å². The van der Waals surface area contributed by atoms with Gasteiger partial charge in [0.25, 0.3) is 0 Å². The van der Waals surface area contributed by atoms with E-state index in [1.807, 2.05) is 20.8 Å². The maximum atomic E-state index is 10.4. The molecule has 0 aromatic carbocycles. The van der Waals surface area contributed by atoms with Crippen molar-refractivity contribution in [2.24, 2.45) is 10.4 Å². The molecule has 0 spiro atoms. The van der Waals surface area contributed by atoms with Gasteiger partial charge in [-0.25, -0.2) is 4.79 Å². The normalized spacial score (nSPS) is 14.3. The zero-order chi connectivity index (χ0) is 8.36. The van der Waals surface area contributed by atoms with Gasteiger partial charge in [0.05, 0.1) is 0 Å². The highest BCUT2D eigenvalue weighted by molar-refractivity contribution is 5.75. The van der Waals surface area contributed by atoms with Crippen molar-refractivity contribution in [3.63, 3.8) is 0 Å². The van der Waals surface area contributed by atoms with E-state index in [2.05, 4.69) is 11.7 Å². The van der Waals surface area contributed by atoms with E-state index < -0.39 is 12.0 Å². The number of hydrogen-bond acceptors (Lipinski definition) is 2. The molecule has 3 nitrogen and oxygen atoms in total. The van der Waals surface area contributed by atoms with Gasteiger partial charge in [0.15, 0.2) is 6.04 Å². The number of hydrogen-bond donors (Lipinski definition) is 1. The van der Waals surface area contributed by atoms with E-state index in [4.69, 9.17) is 5.11 Å². The van der Waals surface area contributed by atoms with E-state index in [9.17, 15) is 4.79 Å². The molecule has 0 aromatic heterocycles. The van der Waals surface area contributed by atoms with Crippen LogP contribution in [-0.4, -0.2) is 23.8 Å². The van der Waals surface area contributed by atoms with E-state index >= 15 is 0 Å². The van der Waals surface area contributed by atoms with E-state index in [-0.39, 0.29) is 5.41 Å². The van der Waals surface area contributed by atoms with Gasteiger partial charge in [0.1, 0.15) is 0 Å². The van der Waals surface area contributed by atoms with Gasteiger partial charge in [-0.05, 0) is 12.1 Å². The molecule has 0 saturated carbocycles. The third kappa shape index (κ3) is 2.17. The number of nitrogens with zero attached hydrogens (tertiary/aromatic N) is 1. The fourth-order valence-corrected chi connectivity index (χ4v) is 0.722. The Bertz CT molecular complexity index is 146. The number of aliphatic carboxylic acids is 1. The summed E-state index contributed by atoms with van der Waals surface area (Å²) in [6.45, 7) is 8.68. The van der Waals surface area contributed by atoms with Crippen LogP contribution >= 0.6 is 0 Å². The summed E-state index contributed by atoms with van der Waals surface area (Å²) in [7, 11) is 0. The Morgan fingerprint density at radius 3 is 2.00 bits per heavy atom. The number of aliphatic imine (C=N–C) groups is 1. The van der Waals surface area contributed by atoms with Gasteiger partial charge in [0.2, 0.25) is 0 Å². The van der Waals surface area contributed by atoms with Crippen LogP contribution in [0, 0.1) is 5.41 Å². The molecule has 0 radical (unpaired) electrons. The summed E-state index contributed by atoms with van der Waals surface area (Å²) in [4.78, 5) is 14.0. The second-order valence-electron chi connectivity index (χ2n) is 3.29. The molecule has 58 valence electrons. The van der Waals surface area contributed by atoms with Crippen LogP contribution in [0.4, 0.5) is 0 Å². The second kappa shape index (κ2) is 2.82. The Hall–Kier alpha value is -0.860. The van der Waals surface area contributed by atoms with Gasteiger partial charge in [0, 0.05) is 0 Å². The smallest absolute Gasteiger partial charge is 0.328 e. The highest BCUT2D eigenvalue weighted by atomic mass is 16.4. The van der Waals surface area contributed by atoms with E-state index in [1.54, 1.807) is 0 Å². The first-order chi connectivity index (χ1) is 4.39. The molecule has 3 heteroatoms. The van der Waals surface area contributed by atoms with Crippen molar-refractivity contribution in [1.82, 2.24) is 0 Å². The van der Waals surface area contributed by atoms with Crippen LogP contribution in [0.5, 0.6) is 0 Å². The number of carboxylic acid groups (broad SMARTS) is 1. The van der Waals surface area contributed by atoms with Crippen LogP contribution in [0.1, 0.15) is 20.8 Å². The molecule has 1 N–H and O–H groups in total. The van der Waals surface area contributed by atoms with Crippen molar-refractivity contribution in [3.8, 4) is 0 Å². The maximum Gasteiger partial charge on any atom is 0.328 e. The molecular formula is C7H13NO2. The third-order valence-electron chi connectivity index (χ3n) is 1.24. The van der Waals surface area contributed by atoms with Gasteiger partial charge < -0.3 is 5.11 Å². The van der Waals surface area contributed by atoms with E-state index in [0.717, 1.165) is 0 Å². The minimum Gasteiger partial charge on any atom is -0.480 e. The summed E-state index contributed by atoms with van der Waals surface area (Å²) in [6.07, 6.45) is 0. The first kappa shape index (κ1) is 9.14. The van der Waals surface area contributed by atoms with Crippen LogP contribution in [0.15, 0.2) is 4.99 Å². The molecular weight excluding hydrogens is 130 g/mol. The fourth-order valence-electron chi connectivity index (χ4n) is 0.722. The lowest BCUT2D eigenvalue weighted by Crippen LogP contribution is -2.32. The van der Waals surface area contributed by atoms with Gasteiger partial charge in [-0.1, -0.05) is 20.8 Å². The summed E-state index contributed by atoms with van der Waals surface area (Å²) in [5.74, 6) is -0.914. The van der Waals surface area contributed by atoms with E-state index in [0.29, 0.717) is 0 Å². The predicted octanol–water partition coefficient (Wildman–Crippen LogP) is 1.19. The SMILES string of the molecule is C=N[C@H](C(=O)O)C(C)(C)C. The molecule has 0 amide bonds. The topological polar surface area (TPSA) is 49.7 Å². The van der Waals surface area contributed by atoms with Crippen LogP contribution in [-0.2, 0) is 4.79 Å². The molecule has 0 heterocycles. The lowest BCUT2D eigenvalue weighted by molar-refractivity contribution is -0.140. The second-order valence-corrected chi connectivity index (χ2v) is 3.29. The summed E-state index contributed by atoms with van der Waals surface area (Å²) < 4.78 is 0. The largest absolute Gasteiger partial charge is 0.480 e. The van der Waals surface area contributed by atoms with Gasteiger partial charge in [-0.3, -0.25) is 4.99 Å². The summed E-state index contributed by atoms with van der Waals surface area (Å²) >= 11 is 0. The van der Waals surface area contributed by atoms with Crippen molar-refractivity contribution in [1.29, 1.82) is 0 Å². The van der Waals surface area contributed by atoms with Crippen molar-refractivity contribution in [2.75, 3.05) is 0 Å². The highest BCUT2D eigenvalue weighted by Crippen LogP contribution is 2.21. The Morgan fingerprint density at radius 2 is 2.00 bits per heavy atom. The standard InChI is InChI=1S/C7H13NO2/c1-7(2,3)5(8-4)6(9)10/h5H,4H2,1-3H3,(H,9,10)/t5-/m1/s1. The van der Waals surface area contributed by atoms with Crippen molar-refractivity contribution in [3.05, 3.63) is 0 Å². The lowest BCUT2D eigenvalue weighted by Gasteiger charge is -2.22. The molecule has 0 rings (SSSR count). The zero-order valence-corrected chi connectivity index (χ0v) is 6.59. The molecule has 0 fully saturated rings. The Labute approximate surface area is 60.8 Å². The highest BCUT2D eigenvalue weighted by Gasteiger charge is 2.29. The molecule has 0 aliphatic carbocycles. The summed E-state index contributed by atoms with van der Waals surface area (Å²) in [6, 6.07) is -0.701. The quantitative estimate of drug-likeness (QED) is 0.590. The minimum atomic E-state index is -0.914. The monoisotopic (exact) mass is 143 g/mol. The molecule has 0 aromatic rings. The Balaban J connectivity index is 4.36. The van der Waals surface area contributed by atoms with Crippen molar-refractivity contribution >= 4 is 12.7 Å². The third-order valence-corrected chi connectivity index (χ3v) is 1.24. The average molecular weight is 143 g/mol. The summed E-state index contributed by atoms with van der Waals surface area (Å²) in [5.41, 5.74) is -0.340. The fraction of sp³-hybridized carbons (Fsp3) is 0.714. The van der Waals surface area contributed by atoms with Crippen molar-refractivity contribution < 1.29 is 9.90 Å². The molecule has 0 saturated heterocycles. The first-order valence-electron chi connectivity index (χ1n) is 3.08. The lowest BCUT2D eigenvalue weighted by atomic mass is 9.87. The van der Waals surface area contributed by atoms with Gasteiger partial charge >= 0.3 is 5.97 Å². The molecule has 0 aliphatic rings. The average Bonchev–Trinajstić information content (AvgIpc) is 1.60. The van der Waals surface area contributed by atoms with Gasteiger partial charge in [-0.15, -0.1) is 0 Å². The van der Waals surface area contributed by atoms with Crippen LogP contribution < -0.4 is 0 Å². The van der Waals surface area contributed by atoms with Crippen LogP contribution in [0.2, 0.25) is 0 Å². The molecule has 0 aliphatic heterocycles. The molecule has 1 atom stereocenters. The first-order valence-corrected chi connectivity index (χ1v) is 3.08. The van der Waals surface area contributed by atoms with Crippen LogP contribution in [0.25, 0.3) is 0 Å². The predicted molar refractivity (Wildman–Crippen MR) is 40.4 cm³/mol.